The quantitative estimate of drug-likeness (QED) is 0.560. The third kappa shape index (κ3) is 2.90. The highest BCUT2D eigenvalue weighted by atomic mass is 32.1. The number of nitrogens with zero attached hydrogens (tertiary/aromatic N) is 4. The Morgan fingerprint density at radius 3 is 2.96 bits per heavy atom. The summed E-state index contributed by atoms with van der Waals surface area (Å²) in [5.74, 6) is -0.345. The van der Waals surface area contributed by atoms with E-state index in [9.17, 15) is 9.90 Å². The van der Waals surface area contributed by atoms with Crippen LogP contribution in [0.2, 0.25) is 0 Å². The Labute approximate surface area is 134 Å². The lowest BCUT2D eigenvalue weighted by atomic mass is 10.1. The van der Waals surface area contributed by atoms with Crippen LogP contribution in [0.5, 0.6) is 5.75 Å². The predicted molar refractivity (Wildman–Crippen MR) is 84.7 cm³/mol. The Morgan fingerprint density at radius 2 is 2.26 bits per heavy atom. The molecule has 0 fully saturated rings. The number of rotatable bonds is 4. The minimum absolute atomic E-state index is 0.00557. The number of esters is 1. The molecule has 0 saturated carbocycles. The molecule has 8 nitrogen and oxygen atoms in total. The number of hydrogen-bond donors (Lipinski definition) is 2. The van der Waals surface area contributed by atoms with E-state index in [0.717, 1.165) is 4.88 Å². The molecule has 23 heavy (non-hydrogen) atoms. The first-order valence-corrected chi connectivity index (χ1v) is 7.62. The van der Waals surface area contributed by atoms with Crippen molar-refractivity contribution in [3.8, 4) is 5.75 Å². The van der Waals surface area contributed by atoms with Crippen molar-refractivity contribution in [3.63, 3.8) is 0 Å². The number of phenolic OH excluding ortho intramolecular Hbond substituents is 1. The normalized spacial score (nSPS) is 11.4. The number of azo groups is 1. The number of aromatic hydroxyl groups is 1. The first-order valence-electron chi connectivity index (χ1n) is 6.80. The Morgan fingerprint density at radius 1 is 1.43 bits per heavy atom. The lowest BCUT2D eigenvalue weighted by Crippen LogP contribution is -2.04. The second kappa shape index (κ2) is 6.13. The zero-order valence-electron chi connectivity index (χ0n) is 12.4. The van der Waals surface area contributed by atoms with Crippen LogP contribution in [0.1, 0.15) is 22.2 Å². The number of ether oxygens (including phenoxy) is 1. The largest absolute Gasteiger partial charge is 0.507 e. The van der Waals surface area contributed by atoms with Crippen molar-refractivity contribution in [1.82, 2.24) is 15.2 Å². The molecule has 118 valence electrons. The molecule has 0 radical (unpaired) electrons. The number of nitrogens with one attached hydrogen (secondary N) is 1. The summed E-state index contributed by atoms with van der Waals surface area (Å²) in [4.78, 5) is 17.0. The maximum Gasteiger partial charge on any atom is 0.340 e. The van der Waals surface area contributed by atoms with Crippen LogP contribution in [0.25, 0.3) is 10.1 Å². The summed E-state index contributed by atoms with van der Waals surface area (Å²) in [6, 6.07) is 3.18. The molecule has 0 amide bonds. The molecule has 3 rings (SSSR count). The number of fused-ring (bicyclic) bond motifs is 1. The molecule has 0 aliphatic heterocycles. The minimum Gasteiger partial charge on any atom is -0.507 e. The van der Waals surface area contributed by atoms with Crippen molar-refractivity contribution in [1.29, 1.82) is 0 Å². The van der Waals surface area contributed by atoms with Gasteiger partial charge in [-0.15, -0.1) is 21.6 Å². The smallest absolute Gasteiger partial charge is 0.340 e. The maximum absolute atomic E-state index is 12.2. The molecule has 0 spiro atoms. The molecule has 2 aromatic heterocycles. The molecule has 3 aromatic rings. The topological polar surface area (TPSA) is 113 Å². The summed E-state index contributed by atoms with van der Waals surface area (Å²) < 4.78 is 5.69. The van der Waals surface area contributed by atoms with Gasteiger partial charge in [-0.2, -0.15) is 10.1 Å². The number of aromatic amines is 1. The number of carbonyl (C=O) groups excluding carboxylic acids is 1. The molecule has 0 bridgehead atoms. The van der Waals surface area contributed by atoms with E-state index in [2.05, 4.69) is 25.4 Å². The number of phenols is 1. The van der Waals surface area contributed by atoms with Gasteiger partial charge in [0, 0.05) is 10.3 Å². The van der Waals surface area contributed by atoms with Crippen LogP contribution in [0.3, 0.4) is 0 Å². The average Bonchev–Trinajstić information content (AvgIpc) is 3.15. The first kappa shape index (κ1) is 15.1. The van der Waals surface area contributed by atoms with Gasteiger partial charge in [0.1, 0.15) is 17.8 Å². The Balaban J connectivity index is 2.20. The molecule has 0 unspecified atom stereocenters. The van der Waals surface area contributed by atoms with Gasteiger partial charge in [0.2, 0.25) is 0 Å². The minimum atomic E-state index is -0.567. The summed E-state index contributed by atoms with van der Waals surface area (Å²) in [7, 11) is 0. The molecular formula is C14H13N5O3S. The van der Waals surface area contributed by atoms with Crippen LogP contribution in [0.15, 0.2) is 28.7 Å². The van der Waals surface area contributed by atoms with Crippen LogP contribution < -0.4 is 0 Å². The fraction of sp³-hybridized carbons (Fsp3) is 0.214. The number of aryl methyl sites for hydroxylation is 1. The molecule has 2 N–H and O–H groups in total. The van der Waals surface area contributed by atoms with E-state index in [1.54, 1.807) is 6.92 Å². The van der Waals surface area contributed by atoms with Gasteiger partial charge in [0.15, 0.2) is 0 Å². The second-order valence-corrected chi connectivity index (χ2v) is 5.88. The highest BCUT2D eigenvalue weighted by molar-refractivity contribution is 7.19. The van der Waals surface area contributed by atoms with E-state index in [4.69, 9.17) is 4.74 Å². The van der Waals surface area contributed by atoms with Crippen molar-refractivity contribution in [3.05, 3.63) is 28.9 Å². The Hall–Kier alpha value is -2.81. The SMILES string of the molecule is CCOC(=O)c1cc(O)c2cc(C)sc2c1N=Nc1ncn[nH]1. The summed E-state index contributed by atoms with van der Waals surface area (Å²) in [5.41, 5.74) is 0.493. The number of thiophene rings is 1. The zero-order valence-corrected chi connectivity index (χ0v) is 13.2. The zero-order chi connectivity index (χ0) is 16.4. The van der Waals surface area contributed by atoms with E-state index in [1.165, 1.54) is 23.7 Å². The number of benzene rings is 1. The third-order valence-electron chi connectivity index (χ3n) is 3.02. The van der Waals surface area contributed by atoms with Gasteiger partial charge in [-0.3, -0.25) is 0 Å². The highest BCUT2D eigenvalue weighted by Crippen LogP contribution is 2.42. The van der Waals surface area contributed by atoms with Gasteiger partial charge in [-0.25, -0.2) is 9.89 Å². The lowest BCUT2D eigenvalue weighted by Gasteiger charge is -2.07. The third-order valence-corrected chi connectivity index (χ3v) is 4.08. The second-order valence-electron chi connectivity index (χ2n) is 4.62. The molecular weight excluding hydrogens is 318 g/mol. The average molecular weight is 331 g/mol. The van der Waals surface area contributed by atoms with Crippen molar-refractivity contribution < 1.29 is 14.6 Å². The van der Waals surface area contributed by atoms with Crippen LogP contribution in [0.4, 0.5) is 11.6 Å². The molecule has 0 aliphatic rings. The van der Waals surface area contributed by atoms with Gasteiger partial charge >= 0.3 is 5.97 Å². The number of hydrogen-bond acceptors (Lipinski definition) is 8. The van der Waals surface area contributed by atoms with Crippen LogP contribution in [-0.2, 0) is 4.74 Å². The maximum atomic E-state index is 12.2. The summed E-state index contributed by atoms with van der Waals surface area (Å²) >= 11 is 1.41. The molecule has 0 atom stereocenters. The van der Waals surface area contributed by atoms with Gasteiger partial charge in [0.25, 0.3) is 5.95 Å². The van der Waals surface area contributed by atoms with E-state index in [-0.39, 0.29) is 23.9 Å². The molecule has 1 aromatic carbocycles. The van der Waals surface area contributed by atoms with Crippen molar-refractivity contribution in [2.24, 2.45) is 10.2 Å². The van der Waals surface area contributed by atoms with Crippen molar-refractivity contribution in [2.75, 3.05) is 6.61 Å². The first-order chi connectivity index (χ1) is 11.1. The molecule has 9 heteroatoms. The van der Waals surface area contributed by atoms with E-state index in [0.29, 0.717) is 15.8 Å². The summed E-state index contributed by atoms with van der Waals surface area (Å²) in [6.07, 6.45) is 1.31. The highest BCUT2D eigenvalue weighted by Gasteiger charge is 2.20. The molecule has 0 saturated heterocycles. The van der Waals surface area contributed by atoms with Crippen molar-refractivity contribution >= 4 is 39.0 Å². The lowest BCUT2D eigenvalue weighted by molar-refractivity contribution is 0.0527. The van der Waals surface area contributed by atoms with Gasteiger partial charge in [-0.05, 0) is 26.0 Å². The van der Waals surface area contributed by atoms with Gasteiger partial charge in [-0.1, -0.05) is 0 Å². The Kier molecular flexibility index (Phi) is 4.02. The number of carbonyl (C=O) groups is 1. The van der Waals surface area contributed by atoms with Crippen LogP contribution in [0, 0.1) is 6.92 Å². The van der Waals surface area contributed by atoms with Crippen LogP contribution in [-0.4, -0.2) is 32.9 Å². The predicted octanol–water partition coefficient (Wildman–Crippen LogP) is 3.63. The fourth-order valence-corrected chi connectivity index (χ4v) is 3.11. The van der Waals surface area contributed by atoms with E-state index >= 15 is 0 Å². The Bertz CT molecular complexity index is 886. The van der Waals surface area contributed by atoms with E-state index < -0.39 is 5.97 Å². The summed E-state index contributed by atoms with van der Waals surface area (Å²) in [6.45, 7) is 3.84. The monoisotopic (exact) mass is 331 g/mol. The molecule has 0 aliphatic carbocycles. The number of H-pyrrole nitrogens is 1. The number of aromatic nitrogens is 3. The van der Waals surface area contributed by atoms with Gasteiger partial charge < -0.3 is 9.84 Å². The summed E-state index contributed by atoms with van der Waals surface area (Å²) in [5, 5.41) is 25.1. The van der Waals surface area contributed by atoms with Gasteiger partial charge in [0.05, 0.1) is 16.9 Å². The standard InChI is InChI=1S/C14H13N5O3S/c1-3-22-13(21)9-5-10(20)8-4-7(2)23-12(8)11(9)17-19-14-15-6-16-18-14/h4-6,20H,3H2,1-2H3,(H,15,16,18). The molecule has 2 heterocycles. The van der Waals surface area contributed by atoms with E-state index in [1.807, 2.05) is 13.0 Å². The fourth-order valence-electron chi connectivity index (χ4n) is 2.09. The van der Waals surface area contributed by atoms with Crippen LogP contribution >= 0.6 is 11.3 Å². The van der Waals surface area contributed by atoms with Crippen molar-refractivity contribution in [2.45, 2.75) is 13.8 Å².